The number of para-hydroxylation sites is 1. The predicted octanol–water partition coefficient (Wildman–Crippen LogP) is 3.03. The molecule has 0 bridgehead atoms. The molecule has 1 rings (SSSR count). The maximum Gasteiger partial charge on any atom is 0.376 e. The van der Waals surface area contributed by atoms with Gasteiger partial charge in [0.2, 0.25) is 5.76 Å². The summed E-state index contributed by atoms with van der Waals surface area (Å²) < 4.78 is 23.3. The zero-order chi connectivity index (χ0) is 22.5. The summed E-state index contributed by atoms with van der Waals surface area (Å²) in [6.45, 7) is 5.01. The molecule has 0 fully saturated rings. The number of ether oxygens (including phenoxy) is 3. The molecule has 0 spiro atoms. The fourth-order valence-electron chi connectivity index (χ4n) is 2.07. The summed E-state index contributed by atoms with van der Waals surface area (Å²) in [6.07, 6.45) is 6.95. The molecular weight excluding hydrogens is 408 g/mol. The number of unbranched alkanes of at least 4 members (excludes halogenated alkanes) is 1. The molecular formula is C21H32N2O6S. The normalized spacial score (nSPS) is 10.8. The maximum atomic E-state index is 12.3. The second kappa shape index (κ2) is 19.8. The van der Waals surface area contributed by atoms with Gasteiger partial charge in [0.05, 0.1) is 25.5 Å². The van der Waals surface area contributed by atoms with Crippen LogP contribution in [0.3, 0.4) is 0 Å². The van der Waals surface area contributed by atoms with Crippen molar-refractivity contribution in [3.63, 3.8) is 0 Å². The average molecular weight is 441 g/mol. The quantitative estimate of drug-likeness (QED) is 0.110. The van der Waals surface area contributed by atoms with Crippen molar-refractivity contribution in [1.82, 2.24) is 4.90 Å². The average Bonchev–Trinajstić information content (AvgIpc) is 2.79. The number of benzene rings is 1. The van der Waals surface area contributed by atoms with Crippen LogP contribution in [0.2, 0.25) is 0 Å². The third kappa shape index (κ3) is 13.6. The molecule has 0 unspecified atom stereocenters. The van der Waals surface area contributed by atoms with E-state index in [0.717, 1.165) is 18.5 Å². The van der Waals surface area contributed by atoms with E-state index in [1.54, 1.807) is 26.4 Å². The number of nitrogens with zero attached hydrogens (tertiary/aromatic N) is 1. The molecule has 0 saturated carbocycles. The Kier molecular flexibility index (Phi) is 18.2. The van der Waals surface area contributed by atoms with Crippen molar-refractivity contribution >= 4 is 24.2 Å². The molecule has 0 aliphatic carbocycles. The standard InChI is InChI=1S/C21H32N2O5.OS/c1-4-5-16-27-21(24)20(28-22-19-10-7-6-8-11-19)12-9-13-23(14-17-25-2)15-18-26-3;1-2/h6-13,22H,4-5,14-18H2,1-3H3;/b13-9+,20-12+;. The predicted molar refractivity (Wildman–Crippen MR) is 118 cm³/mol. The van der Waals surface area contributed by atoms with Crippen LogP contribution >= 0.6 is 0 Å². The number of anilines is 1. The smallest absolute Gasteiger partial charge is 0.376 e. The number of methoxy groups -OCH3 is 2. The summed E-state index contributed by atoms with van der Waals surface area (Å²) in [5, 5.41) is 0. The Hall–Kier alpha value is -2.49. The van der Waals surface area contributed by atoms with Gasteiger partial charge >= 0.3 is 5.97 Å². The van der Waals surface area contributed by atoms with Gasteiger partial charge in [-0.05, 0) is 36.9 Å². The molecule has 1 aromatic rings. The number of hydrogen-bond acceptors (Lipinski definition) is 9. The van der Waals surface area contributed by atoms with Gasteiger partial charge in [-0.1, -0.05) is 31.5 Å². The van der Waals surface area contributed by atoms with Gasteiger partial charge < -0.3 is 23.9 Å². The van der Waals surface area contributed by atoms with Gasteiger partial charge in [-0.15, -0.1) is 0 Å². The van der Waals surface area contributed by atoms with Gasteiger partial charge in [-0.25, -0.2) is 10.3 Å². The van der Waals surface area contributed by atoms with Crippen molar-refractivity contribution in [2.24, 2.45) is 0 Å². The van der Waals surface area contributed by atoms with Gasteiger partial charge in [0.1, 0.15) is 0 Å². The number of carbonyl (C=O) groups excluding carboxylic acids is 1. The SMILES string of the molecule is CCCCOC(=O)/C(=C\C=C\N(CCOC)CCOC)ONc1ccccc1.O=S. The Morgan fingerprint density at radius 1 is 1.07 bits per heavy atom. The molecule has 0 radical (unpaired) electrons. The van der Waals surface area contributed by atoms with Crippen molar-refractivity contribution in [2.75, 3.05) is 52.6 Å². The Morgan fingerprint density at radius 3 is 2.27 bits per heavy atom. The minimum absolute atomic E-state index is 0.0784. The highest BCUT2D eigenvalue weighted by molar-refractivity contribution is 7.44. The second-order valence-corrected chi connectivity index (χ2v) is 5.95. The highest BCUT2D eigenvalue weighted by Crippen LogP contribution is 2.09. The van der Waals surface area contributed by atoms with Crippen LogP contribution in [-0.2, 0) is 36.4 Å². The van der Waals surface area contributed by atoms with E-state index in [9.17, 15) is 4.79 Å². The molecule has 168 valence electrons. The summed E-state index contributed by atoms with van der Waals surface area (Å²) in [7, 11) is 3.32. The first-order valence-corrected chi connectivity index (χ1v) is 9.96. The van der Waals surface area contributed by atoms with Crippen LogP contribution in [0.25, 0.3) is 0 Å². The first-order valence-electron chi connectivity index (χ1n) is 9.63. The minimum atomic E-state index is -0.512. The van der Waals surface area contributed by atoms with E-state index in [0.29, 0.717) is 32.9 Å². The molecule has 9 heteroatoms. The fraction of sp³-hybridized carbons (Fsp3) is 0.476. The first-order chi connectivity index (χ1) is 14.7. The number of nitrogens with one attached hydrogen (secondary N) is 1. The van der Waals surface area contributed by atoms with Gasteiger partial charge in [0.25, 0.3) is 0 Å². The molecule has 30 heavy (non-hydrogen) atoms. The molecule has 0 atom stereocenters. The van der Waals surface area contributed by atoms with Gasteiger partial charge in [0, 0.05) is 27.3 Å². The van der Waals surface area contributed by atoms with Gasteiger partial charge in [-0.3, -0.25) is 0 Å². The molecule has 1 aromatic carbocycles. The van der Waals surface area contributed by atoms with Gasteiger partial charge in [-0.2, -0.15) is 4.21 Å². The Balaban J connectivity index is 0.00000407. The lowest BCUT2D eigenvalue weighted by molar-refractivity contribution is -0.142. The monoisotopic (exact) mass is 440 g/mol. The number of hydrogen-bond donors (Lipinski definition) is 1. The van der Waals surface area contributed by atoms with Crippen LogP contribution in [0.4, 0.5) is 5.69 Å². The first kappa shape index (κ1) is 27.5. The molecule has 0 aromatic heterocycles. The molecule has 0 heterocycles. The van der Waals surface area contributed by atoms with Crippen molar-refractivity contribution in [2.45, 2.75) is 19.8 Å². The topological polar surface area (TPSA) is 86.3 Å². The Morgan fingerprint density at radius 2 is 1.70 bits per heavy atom. The van der Waals surface area contributed by atoms with Crippen LogP contribution < -0.4 is 5.48 Å². The van der Waals surface area contributed by atoms with Crippen LogP contribution in [0.1, 0.15) is 19.8 Å². The van der Waals surface area contributed by atoms with Crippen molar-refractivity contribution < 1.29 is 28.1 Å². The van der Waals surface area contributed by atoms with Crippen molar-refractivity contribution in [3.8, 4) is 0 Å². The Labute approximate surface area is 184 Å². The number of carbonyl (C=O) groups is 1. The molecule has 0 aliphatic rings. The van der Waals surface area contributed by atoms with Crippen molar-refractivity contribution in [1.29, 1.82) is 0 Å². The summed E-state index contributed by atoms with van der Waals surface area (Å²) >= 11 is 2.83. The molecule has 8 nitrogen and oxygen atoms in total. The van der Waals surface area contributed by atoms with Crippen LogP contribution in [0, 0.1) is 0 Å². The molecule has 0 aliphatic heterocycles. The Bertz CT molecular complexity index is 605. The zero-order valence-electron chi connectivity index (χ0n) is 17.9. The van der Waals surface area contributed by atoms with Crippen LogP contribution in [0.15, 0.2) is 54.4 Å². The highest BCUT2D eigenvalue weighted by atomic mass is 32.1. The maximum absolute atomic E-state index is 12.3. The van der Waals surface area contributed by atoms with E-state index in [-0.39, 0.29) is 5.76 Å². The number of allylic oxidation sites excluding steroid dienone is 2. The number of esters is 1. The lowest BCUT2D eigenvalue weighted by Crippen LogP contribution is -2.25. The lowest BCUT2D eigenvalue weighted by Gasteiger charge is -2.19. The second-order valence-electron chi connectivity index (χ2n) is 5.95. The minimum Gasteiger partial charge on any atom is -0.460 e. The lowest BCUT2D eigenvalue weighted by atomic mass is 10.3. The van der Waals surface area contributed by atoms with Crippen molar-refractivity contribution in [3.05, 3.63) is 54.4 Å². The van der Waals surface area contributed by atoms with E-state index in [1.165, 1.54) is 0 Å². The summed E-state index contributed by atoms with van der Waals surface area (Å²) in [5.74, 6) is -0.434. The third-order valence-electron chi connectivity index (χ3n) is 3.69. The van der Waals surface area contributed by atoms with Crippen LogP contribution in [0.5, 0.6) is 0 Å². The number of rotatable bonds is 15. The fourth-order valence-corrected chi connectivity index (χ4v) is 2.07. The largest absolute Gasteiger partial charge is 0.460 e. The van der Waals surface area contributed by atoms with E-state index >= 15 is 0 Å². The van der Waals surface area contributed by atoms with E-state index in [1.807, 2.05) is 48.4 Å². The van der Waals surface area contributed by atoms with Crippen LogP contribution in [-0.4, -0.2) is 62.2 Å². The molecule has 0 amide bonds. The summed E-state index contributed by atoms with van der Waals surface area (Å²) in [5.41, 5.74) is 3.50. The van der Waals surface area contributed by atoms with E-state index in [2.05, 4.69) is 18.0 Å². The molecule has 0 saturated heterocycles. The van der Waals surface area contributed by atoms with E-state index in [4.69, 9.17) is 23.3 Å². The summed E-state index contributed by atoms with van der Waals surface area (Å²) in [6, 6.07) is 9.33. The van der Waals surface area contributed by atoms with E-state index < -0.39 is 5.97 Å². The summed E-state index contributed by atoms with van der Waals surface area (Å²) in [4.78, 5) is 19.8. The highest BCUT2D eigenvalue weighted by Gasteiger charge is 2.13. The zero-order valence-corrected chi connectivity index (χ0v) is 18.7. The molecule has 1 N–H and O–H groups in total. The third-order valence-corrected chi connectivity index (χ3v) is 3.69. The van der Waals surface area contributed by atoms with Gasteiger partial charge in [0.15, 0.2) is 12.5 Å².